The number of aromatic amines is 1. The zero-order valence-corrected chi connectivity index (χ0v) is 25.9. The van der Waals surface area contributed by atoms with Gasteiger partial charge in [0, 0.05) is 17.7 Å². The van der Waals surface area contributed by atoms with Gasteiger partial charge in [-0.25, -0.2) is 4.98 Å². The zero-order valence-electron chi connectivity index (χ0n) is 25.0. The molecule has 1 atom stereocenters. The first-order valence-corrected chi connectivity index (χ1v) is 16.0. The highest BCUT2D eigenvalue weighted by molar-refractivity contribution is 7.46. The Kier molecular flexibility index (Phi) is 9.88. The van der Waals surface area contributed by atoms with Gasteiger partial charge in [-0.1, -0.05) is 18.2 Å². The summed E-state index contributed by atoms with van der Waals surface area (Å²) in [5.41, 5.74) is 1.73. The van der Waals surface area contributed by atoms with E-state index in [1.165, 1.54) is 64.0 Å². The summed E-state index contributed by atoms with van der Waals surface area (Å²) in [6.07, 6.45) is 9.86. The van der Waals surface area contributed by atoms with Crippen LogP contribution in [-0.2, 0) is 20.4 Å². The van der Waals surface area contributed by atoms with Crippen LogP contribution in [0.4, 0.5) is 5.69 Å². The Bertz CT molecular complexity index is 1490. The van der Waals surface area contributed by atoms with Crippen LogP contribution in [-0.4, -0.2) is 26.3 Å². The molecule has 0 amide bonds. The minimum atomic E-state index is -4.89. The number of allylic oxidation sites excluding steroid dienone is 1. The zero-order chi connectivity index (χ0) is 31.3. The van der Waals surface area contributed by atoms with Gasteiger partial charge in [0.1, 0.15) is 11.5 Å². The molecule has 0 radical (unpaired) electrons. The Morgan fingerprint density at radius 2 is 1.55 bits per heavy atom. The number of pyridine rings is 1. The number of hydrogen-bond donors (Lipinski definition) is 0. The van der Waals surface area contributed by atoms with Crippen molar-refractivity contribution in [3.05, 3.63) is 93.8 Å². The standard InChI is InChI=1S/C27H32NO9P.C5H5N/c1-33-24-13-21(23(28(29)30)14-25(24)34-2)15-36-38(31,32)37-22-6-4-5-18(12-22)27(35-3)26-19-8-16-7-17(10-19)11-20(26)9-16;1-2-4-6-5-3-1/h4-6,12-14,16-17,19-20H,7-11,15H2,1-3H3,(H,31,32);1-5H. The molecule has 7 rings (SSSR count). The number of aromatic nitrogens is 1. The Morgan fingerprint density at radius 1 is 0.909 bits per heavy atom. The molecule has 4 saturated carbocycles. The molecule has 4 bridgehead atoms. The predicted molar refractivity (Wildman–Crippen MR) is 160 cm³/mol. The van der Waals surface area contributed by atoms with Crippen LogP contribution in [0, 0.1) is 33.8 Å². The van der Waals surface area contributed by atoms with Gasteiger partial charge in [0.2, 0.25) is 0 Å². The third kappa shape index (κ3) is 7.23. The third-order valence-corrected chi connectivity index (χ3v) is 9.44. The van der Waals surface area contributed by atoms with Gasteiger partial charge in [-0.05, 0) is 79.5 Å². The number of H-pyrrole nitrogens is 1. The van der Waals surface area contributed by atoms with Crippen molar-refractivity contribution in [2.24, 2.45) is 23.7 Å². The van der Waals surface area contributed by atoms with Crippen molar-refractivity contribution in [3.8, 4) is 17.2 Å². The number of benzene rings is 2. The lowest BCUT2D eigenvalue weighted by atomic mass is 9.54. The summed E-state index contributed by atoms with van der Waals surface area (Å²) in [5, 5.41) is 11.5. The van der Waals surface area contributed by atoms with E-state index in [4.69, 9.17) is 23.3 Å². The number of ether oxygens (including phenoxy) is 3. The Balaban J connectivity index is 0.000000573. The van der Waals surface area contributed by atoms with E-state index < -0.39 is 19.4 Å². The molecule has 234 valence electrons. The molecule has 0 aliphatic heterocycles. The van der Waals surface area contributed by atoms with E-state index in [2.05, 4.69) is 4.98 Å². The van der Waals surface area contributed by atoms with Gasteiger partial charge in [-0.3, -0.25) is 14.7 Å². The van der Waals surface area contributed by atoms with Crippen LogP contribution in [0.1, 0.15) is 43.2 Å². The second-order valence-electron chi connectivity index (χ2n) is 11.3. The van der Waals surface area contributed by atoms with Gasteiger partial charge in [-0.15, -0.1) is 0 Å². The molecular weight excluding hydrogens is 587 g/mol. The molecule has 1 heterocycles. The van der Waals surface area contributed by atoms with Gasteiger partial charge in [0.05, 0.1) is 44.5 Å². The van der Waals surface area contributed by atoms with Gasteiger partial charge in [0.15, 0.2) is 23.9 Å². The average molecular weight is 625 g/mol. The summed E-state index contributed by atoms with van der Waals surface area (Å²) >= 11 is 0. The molecule has 1 N–H and O–H groups in total. The molecular formula is C32H37N2O9P. The Hall–Kier alpha value is -3.92. The van der Waals surface area contributed by atoms with Crippen LogP contribution in [0.2, 0.25) is 0 Å². The fraction of sp³-hybridized carbons (Fsp3) is 0.406. The topological polar surface area (TPSA) is 144 Å². The molecule has 2 aromatic carbocycles. The normalized spacial score (nSPS) is 22.7. The van der Waals surface area contributed by atoms with E-state index in [1.807, 2.05) is 36.7 Å². The van der Waals surface area contributed by atoms with Crippen molar-refractivity contribution < 1.29 is 42.6 Å². The number of nitrogens with zero attached hydrogens (tertiary/aromatic N) is 1. The summed E-state index contributed by atoms with van der Waals surface area (Å²) in [6.45, 7) is -0.615. The smallest absolute Gasteiger partial charge is 0.320 e. The highest BCUT2D eigenvalue weighted by atomic mass is 31.2. The van der Waals surface area contributed by atoms with Gasteiger partial charge in [0.25, 0.3) is 5.69 Å². The molecule has 4 aliphatic carbocycles. The molecule has 4 aliphatic rings. The van der Waals surface area contributed by atoms with E-state index >= 15 is 0 Å². The van der Waals surface area contributed by atoms with Crippen LogP contribution < -0.4 is 23.9 Å². The van der Waals surface area contributed by atoms with Gasteiger partial charge < -0.3 is 28.2 Å². The van der Waals surface area contributed by atoms with Crippen molar-refractivity contribution in [2.45, 2.75) is 38.7 Å². The summed E-state index contributed by atoms with van der Waals surface area (Å²) < 4.78 is 39.1. The summed E-state index contributed by atoms with van der Waals surface area (Å²) in [4.78, 5) is 26.5. The SMILES string of the molecule is COC(=C1C2CC3CC(C2)CC1C3)c1cccc(OP(=O)([O-])OCc2cc(OC)c(OC)cc2[N+](=O)[O-])c1.c1cc[nH+]cc1. The molecule has 12 heteroatoms. The number of nitrogens with one attached hydrogen (secondary N) is 1. The second-order valence-corrected chi connectivity index (χ2v) is 12.6. The van der Waals surface area contributed by atoms with Crippen molar-refractivity contribution in [1.29, 1.82) is 0 Å². The fourth-order valence-corrected chi connectivity index (χ4v) is 7.72. The monoisotopic (exact) mass is 624 g/mol. The lowest BCUT2D eigenvalue weighted by Gasteiger charge is -2.51. The predicted octanol–water partition coefficient (Wildman–Crippen LogP) is 5.99. The quantitative estimate of drug-likeness (QED) is 0.115. The molecule has 4 fully saturated rings. The van der Waals surface area contributed by atoms with E-state index in [0.29, 0.717) is 11.8 Å². The maximum atomic E-state index is 12.7. The molecule has 3 aromatic rings. The number of methoxy groups -OCH3 is 3. The lowest BCUT2D eigenvalue weighted by molar-refractivity contribution is -0.385. The Labute approximate surface area is 256 Å². The van der Waals surface area contributed by atoms with Gasteiger partial charge in [-0.2, -0.15) is 0 Å². The molecule has 1 aromatic heterocycles. The number of phosphoric acid groups is 1. The molecule has 11 nitrogen and oxygen atoms in total. The van der Waals surface area contributed by atoms with Crippen molar-refractivity contribution in [2.75, 3.05) is 21.3 Å². The van der Waals surface area contributed by atoms with Crippen molar-refractivity contribution >= 4 is 19.3 Å². The summed E-state index contributed by atoms with van der Waals surface area (Å²) in [7, 11) is -0.517. The molecule has 1 unspecified atom stereocenters. The van der Waals surface area contributed by atoms with Crippen molar-refractivity contribution in [1.82, 2.24) is 0 Å². The molecule has 0 spiro atoms. The van der Waals surface area contributed by atoms with Crippen LogP contribution in [0.25, 0.3) is 5.76 Å². The fourth-order valence-electron chi connectivity index (χ4n) is 7.00. The average Bonchev–Trinajstić information content (AvgIpc) is 3.02. The van der Waals surface area contributed by atoms with E-state index in [9.17, 15) is 19.6 Å². The number of rotatable bonds is 10. The highest BCUT2D eigenvalue weighted by Crippen LogP contribution is 2.58. The first-order chi connectivity index (χ1) is 21.2. The van der Waals surface area contributed by atoms with Crippen LogP contribution >= 0.6 is 7.82 Å². The maximum absolute atomic E-state index is 12.7. The van der Waals surface area contributed by atoms with Crippen LogP contribution in [0.15, 0.2) is 72.6 Å². The lowest BCUT2D eigenvalue weighted by Crippen LogP contribution is -2.40. The first-order valence-electron chi connectivity index (χ1n) is 14.5. The minimum Gasteiger partial charge on any atom is -0.746 e. The third-order valence-electron chi connectivity index (χ3n) is 8.56. The van der Waals surface area contributed by atoms with Crippen LogP contribution in [0.3, 0.4) is 0 Å². The summed E-state index contributed by atoms with van der Waals surface area (Å²) in [5.74, 6) is 3.85. The number of nitro groups is 1. The minimum absolute atomic E-state index is 0.00522. The number of phosphoric ester groups is 1. The first kappa shape index (κ1) is 31.5. The summed E-state index contributed by atoms with van der Waals surface area (Å²) in [6, 6.07) is 15.1. The molecule has 0 saturated heterocycles. The number of hydrogen-bond acceptors (Lipinski definition) is 9. The van der Waals surface area contributed by atoms with Gasteiger partial charge >= 0.3 is 7.82 Å². The highest BCUT2D eigenvalue weighted by Gasteiger charge is 2.46. The maximum Gasteiger partial charge on any atom is 0.320 e. The largest absolute Gasteiger partial charge is 0.746 e. The van der Waals surface area contributed by atoms with E-state index in [-0.39, 0.29) is 28.5 Å². The number of nitro benzene ring substituents is 1. The second kappa shape index (κ2) is 13.8. The van der Waals surface area contributed by atoms with Crippen molar-refractivity contribution in [3.63, 3.8) is 0 Å². The van der Waals surface area contributed by atoms with E-state index in [0.717, 1.165) is 29.2 Å². The Morgan fingerprint density at radius 3 is 2.07 bits per heavy atom. The van der Waals surface area contributed by atoms with Crippen LogP contribution in [0.5, 0.6) is 17.2 Å². The molecule has 44 heavy (non-hydrogen) atoms. The van der Waals surface area contributed by atoms with E-state index in [1.54, 1.807) is 19.2 Å².